The summed E-state index contributed by atoms with van der Waals surface area (Å²) < 4.78 is 5.97. The molecule has 20 heavy (non-hydrogen) atoms. The molecule has 4 nitrogen and oxygen atoms in total. The molecule has 106 valence electrons. The number of hydrogen-bond acceptors (Lipinski definition) is 4. The molecule has 1 heterocycles. The van der Waals surface area contributed by atoms with Crippen LogP contribution in [0.15, 0.2) is 30.3 Å². The van der Waals surface area contributed by atoms with Gasteiger partial charge < -0.3 is 10.5 Å². The van der Waals surface area contributed by atoms with E-state index in [4.69, 9.17) is 10.5 Å². The average molecular weight is 271 g/mol. The third-order valence-electron chi connectivity index (χ3n) is 3.23. The van der Waals surface area contributed by atoms with Crippen LogP contribution >= 0.6 is 0 Å². The number of nitrogens with two attached hydrogens (primary N) is 1. The van der Waals surface area contributed by atoms with E-state index < -0.39 is 0 Å². The first-order chi connectivity index (χ1) is 9.49. The lowest BCUT2D eigenvalue weighted by Gasteiger charge is -2.17. The largest absolute Gasteiger partial charge is 0.469 e. The van der Waals surface area contributed by atoms with Gasteiger partial charge in [0.15, 0.2) is 0 Å². The molecule has 4 heteroatoms. The molecule has 0 spiro atoms. The Labute approximate surface area is 120 Å². The Bertz CT molecular complexity index is 582. The number of rotatable bonds is 4. The molecule has 0 bridgehead atoms. The van der Waals surface area contributed by atoms with E-state index in [1.165, 1.54) is 0 Å². The van der Waals surface area contributed by atoms with E-state index in [1.54, 1.807) is 0 Å². The van der Waals surface area contributed by atoms with Crippen molar-refractivity contribution in [3.05, 3.63) is 47.3 Å². The summed E-state index contributed by atoms with van der Waals surface area (Å²) >= 11 is 0. The molecule has 0 amide bonds. The lowest BCUT2D eigenvalue weighted by Crippen LogP contribution is -2.10. The molecule has 1 atom stereocenters. The predicted molar refractivity (Wildman–Crippen MR) is 80.8 cm³/mol. The van der Waals surface area contributed by atoms with Crippen LogP contribution in [0.2, 0.25) is 0 Å². The second-order valence-corrected chi connectivity index (χ2v) is 5.22. The van der Waals surface area contributed by atoms with Crippen molar-refractivity contribution in [1.82, 2.24) is 9.97 Å². The molecular formula is C16H21N3O. The normalized spacial score (nSPS) is 12.4. The van der Waals surface area contributed by atoms with Gasteiger partial charge in [-0.3, -0.25) is 0 Å². The van der Waals surface area contributed by atoms with Crippen LogP contribution < -0.4 is 10.5 Å². The highest BCUT2D eigenvalue weighted by Crippen LogP contribution is 2.27. The SMILES string of the molecule is Cc1c(N)nc(C(C)C)nc1OC(C)c1ccccc1. The van der Waals surface area contributed by atoms with E-state index in [1.807, 2.05) is 58.0 Å². The van der Waals surface area contributed by atoms with Gasteiger partial charge in [0, 0.05) is 5.92 Å². The lowest BCUT2D eigenvalue weighted by atomic mass is 10.1. The zero-order chi connectivity index (χ0) is 14.7. The molecule has 0 aliphatic heterocycles. The summed E-state index contributed by atoms with van der Waals surface area (Å²) in [7, 11) is 0. The van der Waals surface area contributed by atoms with Gasteiger partial charge in [-0.05, 0) is 19.4 Å². The average Bonchev–Trinajstić information content (AvgIpc) is 2.44. The van der Waals surface area contributed by atoms with E-state index in [0.717, 1.165) is 11.1 Å². The number of nitrogens with zero attached hydrogens (tertiary/aromatic N) is 2. The number of nitrogen functional groups attached to an aromatic ring is 1. The van der Waals surface area contributed by atoms with Gasteiger partial charge in [0.1, 0.15) is 17.7 Å². The number of anilines is 1. The molecule has 1 aromatic heterocycles. The molecule has 2 rings (SSSR count). The van der Waals surface area contributed by atoms with Crippen LogP contribution in [0.4, 0.5) is 5.82 Å². The summed E-state index contributed by atoms with van der Waals surface area (Å²) in [6.45, 7) is 7.96. The van der Waals surface area contributed by atoms with Crippen LogP contribution in [0.1, 0.15) is 49.7 Å². The molecular weight excluding hydrogens is 250 g/mol. The number of aromatic nitrogens is 2. The smallest absolute Gasteiger partial charge is 0.222 e. The van der Waals surface area contributed by atoms with Crippen LogP contribution in [-0.4, -0.2) is 9.97 Å². The molecule has 1 unspecified atom stereocenters. The summed E-state index contributed by atoms with van der Waals surface area (Å²) in [6.07, 6.45) is -0.0794. The zero-order valence-corrected chi connectivity index (χ0v) is 12.4. The molecule has 0 saturated heterocycles. The van der Waals surface area contributed by atoms with Gasteiger partial charge in [-0.25, -0.2) is 4.98 Å². The number of hydrogen-bond donors (Lipinski definition) is 1. The highest BCUT2D eigenvalue weighted by atomic mass is 16.5. The second-order valence-electron chi connectivity index (χ2n) is 5.22. The third-order valence-corrected chi connectivity index (χ3v) is 3.23. The molecule has 1 aromatic carbocycles. The van der Waals surface area contributed by atoms with Crippen molar-refractivity contribution in [2.24, 2.45) is 0 Å². The Kier molecular flexibility index (Phi) is 4.23. The zero-order valence-electron chi connectivity index (χ0n) is 12.4. The second kappa shape index (κ2) is 5.90. The van der Waals surface area contributed by atoms with Crippen molar-refractivity contribution < 1.29 is 4.74 Å². The van der Waals surface area contributed by atoms with Crippen molar-refractivity contribution in [2.75, 3.05) is 5.73 Å². The Balaban J connectivity index is 2.29. The lowest BCUT2D eigenvalue weighted by molar-refractivity contribution is 0.214. The van der Waals surface area contributed by atoms with E-state index in [0.29, 0.717) is 17.5 Å². The molecule has 0 aliphatic rings. The molecule has 0 aliphatic carbocycles. The van der Waals surface area contributed by atoms with Crippen molar-refractivity contribution >= 4 is 5.82 Å². The Morgan fingerprint density at radius 3 is 2.30 bits per heavy atom. The van der Waals surface area contributed by atoms with Crippen molar-refractivity contribution in [2.45, 2.75) is 39.7 Å². The van der Waals surface area contributed by atoms with E-state index in [9.17, 15) is 0 Å². The Morgan fingerprint density at radius 2 is 1.70 bits per heavy atom. The third kappa shape index (κ3) is 3.07. The first-order valence-corrected chi connectivity index (χ1v) is 6.84. The topological polar surface area (TPSA) is 61.0 Å². The first kappa shape index (κ1) is 14.3. The van der Waals surface area contributed by atoms with Crippen LogP contribution in [0, 0.1) is 6.92 Å². The minimum absolute atomic E-state index is 0.0794. The van der Waals surface area contributed by atoms with Gasteiger partial charge in [0.05, 0.1) is 5.56 Å². The van der Waals surface area contributed by atoms with E-state index in [2.05, 4.69) is 9.97 Å². The van der Waals surface area contributed by atoms with Crippen molar-refractivity contribution in [3.63, 3.8) is 0 Å². The minimum atomic E-state index is -0.0794. The van der Waals surface area contributed by atoms with Crippen LogP contribution in [0.25, 0.3) is 0 Å². The van der Waals surface area contributed by atoms with Crippen molar-refractivity contribution in [1.29, 1.82) is 0 Å². The minimum Gasteiger partial charge on any atom is -0.469 e. The highest BCUT2D eigenvalue weighted by molar-refractivity contribution is 5.45. The number of benzene rings is 1. The van der Waals surface area contributed by atoms with E-state index in [-0.39, 0.29) is 12.0 Å². The maximum Gasteiger partial charge on any atom is 0.222 e. The monoisotopic (exact) mass is 271 g/mol. The Morgan fingerprint density at radius 1 is 1.05 bits per heavy atom. The summed E-state index contributed by atoms with van der Waals surface area (Å²) in [5, 5.41) is 0. The fraction of sp³-hybridized carbons (Fsp3) is 0.375. The van der Waals surface area contributed by atoms with Gasteiger partial charge in [-0.15, -0.1) is 0 Å². The molecule has 0 fully saturated rings. The van der Waals surface area contributed by atoms with Gasteiger partial charge >= 0.3 is 0 Å². The van der Waals surface area contributed by atoms with Crippen LogP contribution in [0.3, 0.4) is 0 Å². The first-order valence-electron chi connectivity index (χ1n) is 6.84. The standard InChI is InChI=1S/C16H21N3O/c1-10(2)15-18-14(17)11(3)16(19-15)20-12(4)13-8-6-5-7-9-13/h5-10,12H,1-4H3,(H2,17,18,19). The van der Waals surface area contributed by atoms with Crippen molar-refractivity contribution in [3.8, 4) is 5.88 Å². The maximum atomic E-state index is 5.97. The summed E-state index contributed by atoms with van der Waals surface area (Å²) in [5.41, 5.74) is 7.84. The van der Waals surface area contributed by atoms with Gasteiger partial charge in [0.25, 0.3) is 0 Å². The molecule has 2 aromatic rings. The number of ether oxygens (including phenoxy) is 1. The van der Waals surface area contributed by atoms with Gasteiger partial charge in [0.2, 0.25) is 5.88 Å². The maximum absolute atomic E-state index is 5.97. The van der Waals surface area contributed by atoms with Gasteiger partial charge in [-0.2, -0.15) is 4.98 Å². The summed E-state index contributed by atoms with van der Waals surface area (Å²) in [5.74, 6) is 1.98. The van der Waals surface area contributed by atoms with Crippen LogP contribution in [-0.2, 0) is 0 Å². The molecule has 0 radical (unpaired) electrons. The van der Waals surface area contributed by atoms with E-state index >= 15 is 0 Å². The predicted octanol–water partition coefficient (Wildman–Crippen LogP) is 3.63. The summed E-state index contributed by atoms with van der Waals surface area (Å²) in [4.78, 5) is 8.78. The summed E-state index contributed by atoms with van der Waals surface area (Å²) in [6, 6.07) is 10.1. The van der Waals surface area contributed by atoms with Gasteiger partial charge in [-0.1, -0.05) is 44.2 Å². The quantitative estimate of drug-likeness (QED) is 0.922. The highest BCUT2D eigenvalue weighted by Gasteiger charge is 2.15. The Hall–Kier alpha value is -2.10. The fourth-order valence-electron chi connectivity index (χ4n) is 1.86. The van der Waals surface area contributed by atoms with Crippen LogP contribution in [0.5, 0.6) is 5.88 Å². The molecule has 2 N–H and O–H groups in total. The fourth-order valence-corrected chi connectivity index (χ4v) is 1.86. The molecule has 0 saturated carbocycles.